The van der Waals surface area contributed by atoms with E-state index in [4.69, 9.17) is 0 Å². The molecule has 0 radical (unpaired) electrons. The smallest absolute Gasteiger partial charge is 0.0967 e. The fraction of sp³-hybridized carbons (Fsp3) is 0.217. The Bertz CT molecular complexity index is 720. The van der Waals surface area contributed by atoms with E-state index in [2.05, 4.69) is 29.2 Å². The lowest BCUT2D eigenvalue weighted by Crippen LogP contribution is -2.41. The molecule has 3 aromatic rings. The van der Waals surface area contributed by atoms with E-state index >= 15 is 0 Å². The molecule has 3 aromatic carbocycles. The maximum Gasteiger partial charge on any atom is 0.0967 e. The molecule has 0 aliphatic rings. The molecule has 0 fully saturated rings. The number of aliphatic hydroxyl groups excluding tert-OH is 2. The molecule has 2 atom stereocenters. The van der Waals surface area contributed by atoms with Crippen LogP contribution in [0, 0.1) is 0 Å². The minimum atomic E-state index is -0.756. The first kappa shape index (κ1) is 18.3. The lowest BCUT2D eigenvalue weighted by atomic mass is 10.00. The highest BCUT2D eigenvalue weighted by Crippen LogP contribution is 2.24. The van der Waals surface area contributed by atoms with Gasteiger partial charge in [0, 0.05) is 13.1 Å². The van der Waals surface area contributed by atoms with Crippen LogP contribution in [0.3, 0.4) is 0 Å². The maximum atomic E-state index is 10.9. The molecule has 26 heavy (non-hydrogen) atoms. The zero-order chi connectivity index (χ0) is 18.2. The average molecular weight is 347 g/mol. The molecule has 0 heterocycles. The second kappa shape index (κ2) is 9.30. The summed E-state index contributed by atoms with van der Waals surface area (Å²) in [5.41, 5.74) is 3.13. The summed E-state index contributed by atoms with van der Waals surface area (Å²) in [5, 5.41) is 21.0. The summed E-state index contributed by atoms with van der Waals surface area (Å²) in [5.74, 6) is 0. The average Bonchev–Trinajstić information content (AvgIpc) is 2.70. The summed E-state index contributed by atoms with van der Waals surface area (Å²) in [6.45, 7) is 1.20. The van der Waals surface area contributed by atoms with Crippen molar-refractivity contribution >= 4 is 0 Å². The van der Waals surface area contributed by atoms with Crippen LogP contribution in [-0.2, 0) is 13.1 Å². The summed E-state index contributed by atoms with van der Waals surface area (Å²) in [6.07, 6.45) is -0.756. The third-order valence-electron chi connectivity index (χ3n) is 4.62. The van der Waals surface area contributed by atoms with Crippen LogP contribution in [0.25, 0.3) is 0 Å². The first-order valence-electron chi connectivity index (χ1n) is 8.93. The van der Waals surface area contributed by atoms with Crippen LogP contribution in [0.4, 0.5) is 0 Å². The number of hydrogen-bond acceptors (Lipinski definition) is 3. The lowest BCUT2D eigenvalue weighted by molar-refractivity contribution is 0.00593. The Morgan fingerprint density at radius 2 is 1.08 bits per heavy atom. The molecule has 0 aliphatic heterocycles. The van der Waals surface area contributed by atoms with Crippen molar-refractivity contribution in [1.82, 2.24) is 4.90 Å². The van der Waals surface area contributed by atoms with Crippen molar-refractivity contribution in [3.8, 4) is 0 Å². The predicted octanol–water partition coefficient (Wildman–Crippen LogP) is 3.78. The Hall–Kier alpha value is -2.46. The van der Waals surface area contributed by atoms with E-state index in [0.29, 0.717) is 13.1 Å². The third-order valence-corrected chi connectivity index (χ3v) is 4.62. The van der Waals surface area contributed by atoms with Crippen molar-refractivity contribution in [1.29, 1.82) is 0 Å². The van der Waals surface area contributed by atoms with Crippen LogP contribution in [0.15, 0.2) is 91.0 Å². The second-order valence-electron chi connectivity index (χ2n) is 6.48. The summed E-state index contributed by atoms with van der Waals surface area (Å²) in [4.78, 5) is 2.14. The summed E-state index contributed by atoms with van der Waals surface area (Å²) in [7, 11) is 0. The van der Waals surface area contributed by atoms with Crippen molar-refractivity contribution in [2.75, 3.05) is 6.61 Å². The number of aliphatic hydroxyl groups is 2. The SMILES string of the molecule is OC[C@@H]([C@H](O)c1ccccc1)N(Cc1ccccc1)Cc1ccccc1. The van der Waals surface area contributed by atoms with E-state index in [1.165, 1.54) is 0 Å². The molecule has 3 rings (SSSR count). The van der Waals surface area contributed by atoms with Crippen LogP contribution in [0.2, 0.25) is 0 Å². The molecule has 0 unspecified atom stereocenters. The molecule has 0 aliphatic carbocycles. The van der Waals surface area contributed by atoms with Crippen molar-refractivity contribution < 1.29 is 10.2 Å². The van der Waals surface area contributed by atoms with Gasteiger partial charge in [-0.05, 0) is 16.7 Å². The highest BCUT2D eigenvalue weighted by Gasteiger charge is 2.27. The van der Waals surface area contributed by atoms with E-state index in [0.717, 1.165) is 16.7 Å². The first-order valence-corrected chi connectivity index (χ1v) is 8.93. The monoisotopic (exact) mass is 347 g/mol. The van der Waals surface area contributed by atoms with Crippen molar-refractivity contribution in [3.63, 3.8) is 0 Å². The molecule has 0 saturated heterocycles. The molecule has 2 N–H and O–H groups in total. The molecule has 0 bridgehead atoms. The fourth-order valence-corrected chi connectivity index (χ4v) is 3.21. The van der Waals surface area contributed by atoms with Crippen LogP contribution < -0.4 is 0 Å². The minimum Gasteiger partial charge on any atom is -0.395 e. The zero-order valence-corrected chi connectivity index (χ0v) is 14.8. The number of benzene rings is 3. The van der Waals surface area contributed by atoms with Gasteiger partial charge in [-0.25, -0.2) is 0 Å². The van der Waals surface area contributed by atoms with Crippen LogP contribution in [0.1, 0.15) is 22.8 Å². The van der Waals surface area contributed by atoms with Crippen LogP contribution in [-0.4, -0.2) is 27.8 Å². The van der Waals surface area contributed by atoms with Crippen molar-refractivity contribution in [2.45, 2.75) is 25.2 Å². The Labute approximate surface area is 155 Å². The van der Waals surface area contributed by atoms with Gasteiger partial charge in [-0.2, -0.15) is 0 Å². The van der Waals surface area contributed by atoms with Crippen molar-refractivity contribution in [3.05, 3.63) is 108 Å². The maximum absolute atomic E-state index is 10.9. The van der Waals surface area contributed by atoms with Gasteiger partial charge in [0.05, 0.1) is 18.8 Å². The number of nitrogens with zero attached hydrogens (tertiary/aromatic N) is 1. The molecule has 3 heteroatoms. The highest BCUT2D eigenvalue weighted by atomic mass is 16.3. The van der Waals surface area contributed by atoms with Gasteiger partial charge in [-0.1, -0.05) is 91.0 Å². The number of hydrogen-bond donors (Lipinski definition) is 2. The van der Waals surface area contributed by atoms with Gasteiger partial charge in [-0.3, -0.25) is 4.90 Å². The predicted molar refractivity (Wildman–Crippen MR) is 104 cm³/mol. The topological polar surface area (TPSA) is 43.7 Å². The molecular weight excluding hydrogens is 322 g/mol. The highest BCUT2D eigenvalue weighted by molar-refractivity contribution is 5.21. The summed E-state index contributed by atoms with van der Waals surface area (Å²) < 4.78 is 0. The van der Waals surface area contributed by atoms with Gasteiger partial charge >= 0.3 is 0 Å². The molecule has 134 valence electrons. The molecule has 0 saturated carbocycles. The first-order chi connectivity index (χ1) is 12.8. The summed E-state index contributed by atoms with van der Waals surface area (Å²) >= 11 is 0. The Morgan fingerprint density at radius 3 is 1.50 bits per heavy atom. The number of rotatable bonds is 8. The Morgan fingerprint density at radius 1 is 0.654 bits per heavy atom. The van der Waals surface area contributed by atoms with Gasteiger partial charge in [0.2, 0.25) is 0 Å². The van der Waals surface area contributed by atoms with Crippen molar-refractivity contribution in [2.24, 2.45) is 0 Å². The fourth-order valence-electron chi connectivity index (χ4n) is 3.21. The molecular formula is C23H25NO2. The Kier molecular flexibility index (Phi) is 6.56. The van der Waals surface area contributed by atoms with Gasteiger partial charge in [0.1, 0.15) is 0 Å². The third kappa shape index (κ3) is 4.79. The van der Waals surface area contributed by atoms with Gasteiger partial charge in [0.25, 0.3) is 0 Å². The second-order valence-corrected chi connectivity index (χ2v) is 6.48. The van der Waals surface area contributed by atoms with Gasteiger partial charge in [-0.15, -0.1) is 0 Å². The van der Waals surface area contributed by atoms with E-state index in [9.17, 15) is 10.2 Å². The van der Waals surface area contributed by atoms with E-state index in [1.54, 1.807) is 0 Å². The van der Waals surface area contributed by atoms with Crippen LogP contribution >= 0.6 is 0 Å². The summed E-state index contributed by atoms with van der Waals surface area (Å²) in [6, 6.07) is 29.5. The lowest BCUT2D eigenvalue weighted by Gasteiger charge is -2.34. The Balaban J connectivity index is 1.86. The van der Waals surface area contributed by atoms with Crippen LogP contribution in [0.5, 0.6) is 0 Å². The van der Waals surface area contributed by atoms with E-state index < -0.39 is 12.1 Å². The normalized spacial score (nSPS) is 13.5. The molecule has 0 amide bonds. The minimum absolute atomic E-state index is 0.115. The van der Waals surface area contributed by atoms with E-state index in [-0.39, 0.29) is 6.61 Å². The largest absolute Gasteiger partial charge is 0.395 e. The standard InChI is InChI=1S/C23H25NO2/c25-18-22(23(26)21-14-8-3-9-15-21)24(16-19-10-4-1-5-11-19)17-20-12-6-2-7-13-20/h1-15,22-23,25-26H,16-18H2/t22-,23+/m0/s1. The quantitative estimate of drug-likeness (QED) is 0.652. The zero-order valence-electron chi connectivity index (χ0n) is 14.8. The molecule has 3 nitrogen and oxygen atoms in total. The van der Waals surface area contributed by atoms with Gasteiger partial charge < -0.3 is 10.2 Å². The molecule has 0 aromatic heterocycles. The molecule has 0 spiro atoms. The van der Waals surface area contributed by atoms with Gasteiger partial charge in [0.15, 0.2) is 0 Å². The van der Waals surface area contributed by atoms with E-state index in [1.807, 2.05) is 66.7 Å².